The number of carbonyl (C=O) groups excluding carboxylic acids is 1. The van der Waals surface area contributed by atoms with Crippen LogP contribution in [0.1, 0.15) is 51.0 Å². The third-order valence-electron chi connectivity index (χ3n) is 7.00. The summed E-state index contributed by atoms with van der Waals surface area (Å²) in [6.45, 7) is 9.16. The molecule has 32 heavy (non-hydrogen) atoms. The number of likely N-dealkylation sites (tertiary alicyclic amines) is 1. The normalized spacial score (nSPS) is 20.3. The van der Waals surface area contributed by atoms with Crippen LogP contribution in [-0.2, 0) is 4.79 Å². The highest BCUT2D eigenvalue weighted by molar-refractivity contribution is 5.78. The number of aromatic nitrogens is 2. The van der Waals surface area contributed by atoms with Crippen LogP contribution in [0, 0.1) is 12.8 Å². The van der Waals surface area contributed by atoms with Gasteiger partial charge in [0.05, 0.1) is 0 Å². The zero-order valence-corrected chi connectivity index (χ0v) is 19.6. The van der Waals surface area contributed by atoms with E-state index in [2.05, 4.69) is 63.2 Å². The van der Waals surface area contributed by atoms with Crippen LogP contribution in [0.5, 0.6) is 0 Å². The maximum Gasteiger partial charge on any atom is 0.225 e. The molecule has 6 nitrogen and oxygen atoms in total. The molecule has 1 N–H and O–H groups in total. The number of benzene rings is 1. The van der Waals surface area contributed by atoms with Crippen molar-refractivity contribution in [1.82, 2.24) is 20.2 Å². The predicted octanol–water partition coefficient (Wildman–Crippen LogP) is 4.05. The van der Waals surface area contributed by atoms with Gasteiger partial charge in [-0.2, -0.15) is 0 Å². The van der Waals surface area contributed by atoms with E-state index >= 15 is 0 Å². The van der Waals surface area contributed by atoms with E-state index in [1.54, 1.807) is 0 Å². The van der Waals surface area contributed by atoms with E-state index in [0.717, 1.165) is 62.5 Å². The Morgan fingerprint density at radius 3 is 2.56 bits per heavy atom. The summed E-state index contributed by atoms with van der Waals surface area (Å²) in [5.41, 5.74) is 3.40. The Labute approximate surface area is 192 Å². The van der Waals surface area contributed by atoms with E-state index in [4.69, 9.17) is 0 Å². The lowest BCUT2D eigenvalue weighted by atomic mass is 9.96. The minimum Gasteiger partial charge on any atom is -0.356 e. The fourth-order valence-electron chi connectivity index (χ4n) is 4.93. The van der Waals surface area contributed by atoms with Crippen molar-refractivity contribution in [1.29, 1.82) is 0 Å². The molecule has 1 amide bonds. The van der Waals surface area contributed by atoms with Gasteiger partial charge in [0.25, 0.3) is 0 Å². The van der Waals surface area contributed by atoms with Gasteiger partial charge in [-0.1, -0.05) is 36.2 Å². The average Bonchev–Trinajstić information content (AvgIpc) is 2.83. The van der Waals surface area contributed by atoms with E-state index < -0.39 is 0 Å². The fraction of sp³-hybridized carbons (Fsp3) is 0.577. The first-order valence-electron chi connectivity index (χ1n) is 12.3. The average molecular weight is 436 g/mol. The van der Waals surface area contributed by atoms with Gasteiger partial charge in [0, 0.05) is 56.1 Å². The van der Waals surface area contributed by atoms with E-state index in [1.807, 2.05) is 12.4 Å². The first-order valence-corrected chi connectivity index (χ1v) is 12.3. The Morgan fingerprint density at radius 2 is 1.84 bits per heavy atom. The molecule has 1 unspecified atom stereocenters. The summed E-state index contributed by atoms with van der Waals surface area (Å²) in [4.78, 5) is 26.6. The molecule has 2 fully saturated rings. The van der Waals surface area contributed by atoms with E-state index in [-0.39, 0.29) is 11.8 Å². The van der Waals surface area contributed by atoms with Gasteiger partial charge in [0.1, 0.15) is 0 Å². The Bertz CT molecular complexity index is 876. The minimum atomic E-state index is 0.103. The highest BCUT2D eigenvalue weighted by Crippen LogP contribution is 2.23. The van der Waals surface area contributed by atoms with Crippen LogP contribution in [0.25, 0.3) is 11.1 Å². The van der Waals surface area contributed by atoms with E-state index in [0.29, 0.717) is 6.04 Å². The molecule has 0 saturated carbocycles. The Balaban J connectivity index is 1.19. The van der Waals surface area contributed by atoms with Crippen LogP contribution in [0.4, 0.5) is 5.95 Å². The molecule has 2 aromatic rings. The van der Waals surface area contributed by atoms with Crippen molar-refractivity contribution in [3.05, 3.63) is 42.2 Å². The van der Waals surface area contributed by atoms with Gasteiger partial charge >= 0.3 is 0 Å². The summed E-state index contributed by atoms with van der Waals surface area (Å²) in [6, 6.07) is 9.08. The summed E-state index contributed by atoms with van der Waals surface area (Å²) >= 11 is 0. The molecule has 0 aliphatic carbocycles. The first kappa shape index (κ1) is 22.7. The molecular formula is C26H37N5O. The summed E-state index contributed by atoms with van der Waals surface area (Å²) in [7, 11) is 0. The molecule has 2 aliphatic rings. The number of hydrogen-bond donors (Lipinski definition) is 1. The molecule has 1 aromatic heterocycles. The topological polar surface area (TPSA) is 61.4 Å². The van der Waals surface area contributed by atoms with E-state index in [9.17, 15) is 4.79 Å². The number of nitrogens with one attached hydrogen (secondary N) is 1. The number of hydrogen-bond acceptors (Lipinski definition) is 5. The van der Waals surface area contributed by atoms with Crippen molar-refractivity contribution >= 4 is 11.9 Å². The quantitative estimate of drug-likeness (QED) is 0.665. The van der Waals surface area contributed by atoms with Crippen LogP contribution >= 0.6 is 0 Å². The van der Waals surface area contributed by atoms with Gasteiger partial charge in [-0.05, 0) is 58.1 Å². The highest BCUT2D eigenvalue weighted by Gasteiger charge is 2.26. The number of anilines is 1. The van der Waals surface area contributed by atoms with Crippen molar-refractivity contribution in [2.45, 2.75) is 58.4 Å². The molecular weight excluding hydrogens is 398 g/mol. The Kier molecular flexibility index (Phi) is 7.74. The molecule has 1 aromatic carbocycles. The van der Waals surface area contributed by atoms with Crippen molar-refractivity contribution in [3.63, 3.8) is 0 Å². The summed E-state index contributed by atoms with van der Waals surface area (Å²) in [5, 5.41) is 3.18. The third kappa shape index (κ3) is 5.85. The second-order valence-corrected chi connectivity index (χ2v) is 9.43. The number of piperidine rings is 2. The molecule has 3 heterocycles. The van der Waals surface area contributed by atoms with Crippen molar-refractivity contribution in [2.24, 2.45) is 5.92 Å². The molecule has 4 rings (SSSR count). The fourth-order valence-corrected chi connectivity index (χ4v) is 4.93. The lowest BCUT2D eigenvalue weighted by molar-refractivity contribution is -0.125. The number of carbonyl (C=O) groups is 1. The lowest BCUT2D eigenvalue weighted by Crippen LogP contribution is -2.42. The molecule has 1 atom stereocenters. The predicted molar refractivity (Wildman–Crippen MR) is 130 cm³/mol. The lowest BCUT2D eigenvalue weighted by Gasteiger charge is -2.33. The van der Waals surface area contributed by atoms with Crippen molar-refractivity contribution in [2.75, 3.05) is 37.6 Å². The second kappa shape index (κ2) is 10.9. The number of nitrogens with zero attached hydrogens (tertiary/aromatic N) is 4. The third-order valence-corrected chi connectivity index (χ3v) is 7.00. The van der Waals surface area contributed by atoms with Crippen molar-refractivity contribution < 1.29 is 4.79 Å². The standard InChI is InChI=1S/C26H37N5O/c1-20-7-5-9-23(17-20)24-18-28-26(29-19-24)31-15-10-22(11-16-31)25(32)27-12-6-14-30-13-4-3-8-21(30)2/h5,7,9,17-19,21-22H,3-4,6,8,10-16H2,1-2H3,(H,27,32). The maximum atomic E-state index is 12.6. The highest BCUT2D eigenvalue weighted by atomic mass is 16.1. The van der Waals surface area contributed by atoms with Crippen LogP contribution < -0.4 is 10.2 Å². The number of aryl methyl sites for hydroxylation is 1. The number of rotatable bonds is 7. The number of amides is 1. The molecule has 0 radical (unpaired) electrons. The maximum absolute atomic E-state index is 12.6. The van der Waals surface area contributed by atoms with Crippen LogP contribution in [0.15, 0.2) is 36.7 Å². The SMILES string of the molecule is Cc1cccc(-c2cnc(N3CCC(C(=O)NCCCN4CCCCC4C)CC3)nc2)c1. The molecule has 2 aliphatic heterocycles. The zero-order valence-electron chi connectivity index (χ0n) is 19.6. The van der Waals surface area contributed by atoms with Gasteiger partial charge in [0.2, 0.25) is 11.9 Å². The largest absolute Gasteiger partial charge is 0.356 e. The van der Waals surface area contributed by atoms with Gasteiger partial charge < -0.3 is 15.1 Å². The Morgan fingerprint density at radius 1 is 1.06 bits per heavy atom. The van der Waals surface area contributed by atoms with Gasteiger partial charge in [-0.25, -0.2) is 9.97 Å². The summed E-state index contributed by atoms with van der Waals surface area (Å²) in [5.74, 6) is 1.08. The monoisotopic (exact) mass is 435 g/mol. The molecule has 2 saturated heterocycles. The smallest absolute Gasteiger partial charge is 0.225 e. The Hall–Kier alpha value is -2.47. The molecule has 0 spiro atoms. The second-order valence-electron chi connectivity index (χ2n) is 9.43. The minimum absolute atomic E-state index is 0.103. The molecule has 172 valence electrons. The zero-order chi connectivity index (χ0) is 22.3. The van der Waals surface area contributed by atoms with Crippen LogP contribution in [0.2, 0.25) is 0 Å². The van der Waals surface area contributed by atoms with Gasteiger partial charge in [0.15, 0.2) is 0 Å². The molecule has 0 bridgehead atoms. The van der Waals surface area contributed by atoms with Crippen molar-refractivity contribution in [3.8, 4) is 11.1 Å². The molecule has 6 heteroatoms. The van der Waals surface area contributed by atoms with Gasteiger partial charge in [-0.15, -0.1) is 0 Å². The van der Waals surface area contributed by atoms with Crippen LogP contribution in [0.3, 0.4) is 0 Å². The summed E-state index contributed by atoms with van der Waals surface area (Å²) in [6.07, 6.45) is 10.5. The summed E-state index contributed by atoms with van der Waals surface area (Å²) < 4.78 is 0. The van der Waals surface area contributed by atoms with Gasteiger partial charge in [-0.3, -0.25) is 4.79 Å². The van der Waals surface area contributed by atoms with E-state index in [1.165, 1.54) is 31.4 Å². The first-order chi connectivity index (χ1) is 15.6. The van der Waals surface area contributed by atoms with Crippen LogP contribution in [-0.4, -0.2) is 59.5 Å².